The highest BCUT2D eigenvalue weighted by molar-refractivity contribution is 9.10. The van der Waals surface area contributed by atoms with E-state index in [4.69, 9.17) is 9.47 Å². The summed E-state index contributed by atoms with van der Waals surface area (Å²) in [7, 11) is 3.32. The van der Waals surface area contributed by atoms with E-state index in [9.17, 15) is 0 Å². The lowest BCUT2D eigenvalue weighted by Gasteiger charge is -2.46. The molecular weight excluding hydrogens is 356 g/mol. The van der Waals surface area contributed by atoms with Crippen LogP contribution in [0, 0.1) is 0 Å². The smallest absolute Gasteiger partial charge is 0.161 e. The lowest BCUT2D eigenvalue weighted by atomic mass is 9.79. The molecule has 1 aliphatic heterocycles. The predicted molar refractivity (Wildman–Crippen MR) is 98.4 cm³/mol. The molecule has 0 radical (unpaired) electrons. The predicted octanol–water partition coefficient (Wildman–Crippen LogP) is 3.87. The zero-order chi connectivity index (χ0) is 17.3. The van der Waals surface area contributed by atoms with Gasteiger partial charge in [0.1, 0.15) is 0 Å². The zero-order valence-electron chi connectivity index (χ0n) is 15.0. The van der Waals surface area contributed by atoms with Crippen LogP contribution in [0.3, 0.4) is 0 Å². The Labute approximate surface area is 148 Å². The van der Waals surface area contributed by atoms with Crippen molar-refractivity contribution in [2.24, 2.45) is 0 Å². The van der Waals surface area contributed by atoms with E-state index in [0.717, 1.165) is 35.4 Å². The normalized spacial score (nSPS) is 20.3. The van der Waals surface area contributed by atoms with Crippen molar-refractivity contribution in [3.05, 3.63) is 22.2 Å². The Bertz CT molecular complexity index is 542. The van der Waals surface area contributed by atoms with E-state index >= 15 is 0 Å². The Kier molecular flexibility index (Phi) is 5.64. The summed E-state index contributed by atoms with van der Waals surface area (Å²) in [5.41, 5.74) is 1.47. The molecule has 0 bridgehead atoms. The summed E-state index contributed by atoms with van der Waals surface area (Å²) in [6.07, 6.45) is 2.22. The van der Waals surface area contributed by atoms with Crippen LogP contribution in [0.25, 0.3) is 0 Å². The molecule has 0 aliphatic carbocycles. The second kappa shape index (κ2) is 6.99. The number of halogens is 1. The van der Waals surface area contributed by atoms with Crippen LogP contribution in [0.15, 0.2) is 16.6 Å². The van der Waals surface area contributed by atoms with E-state index in [1.807, 2.05) is 12.1 Å². The van der Waals surface area contributed by atoms with Crippen LogP contribution in [0.4, 0.5) is 0 Å². The molecule has 2 rings (SSSR count). The van der Waals surface area contributed by atoms with Crippen LogP contribution >= 0.6 is 15.9 Å². The van der Waals surface area contributed by atoms with E-state index < -0.39 is 0 Å². The molecule has 1 aromatic rings. The number of piperidine rings is 1. The van der Waals surface area contributed by atoms with Gasteiger partial charge < -0.3 is 20.1 Å². The van der Waals surface area contributed by atoms with Gasteiger partial charge >= 0.3 is 0 Å². The number of benzene rings is 1. The maximum absolute atomic E-state index is 5.41. The van der Waals surface area contributed by atoms with E-state index in [1.54, 1.807) is 14.2 Å². The molecule has 1 saturated heterocycles. The maximum Gasteiger partial charge on any atom is 0.161 e. The van der Waals surface area contributed by atoms with E-state index in [1.165, 1.54) is 5.56 Å². The average molecular weight is 385 g/mol. The van der Waals surface area contributed by atoms with Gasteiger partial charge in [-0.25, -0.2) is 0 Å². The molecule has 5 heteroatoms. The highest BCUT2D eigenvalue weighted by Gasteiger charge is 2.37. The zero-order valence-corrected chi connectivity index (χ0v) is 16.6. The van der Waals surface area contributed by atoms with Crippen molar-refractivity contribution in [2.45, 2.75) is 64.2 Å². The minimum atomic E-state index is 0.147. The molecule has 2 N–H and O–H groups in total. The molecule has 1 aliphatic rings. The minimum absolute atomic E-state index is 0.147. The summed E-state index contributed by atoms with van der Waals surface area (Å²) in [6, 6.07) is 4.49. The second-order valence-electron chi connectivity index (χ2n) is 7.68. The largest absolute Gasteiger partial charge is 0.493 e. The average Bonchev–Trinajstić information content (AvgIpc) is 2.42. The van der Waals surface area contributed by atoms with E-state index in [0.29, 0.717) is 6.04 Å². The van der Waals surface area contributed by atoms with Crippen molar-refractivity contribution >= 4 is 15.9 Å². The fourth-order valence-corrected chi connectivity index (χ4v) is 4.22. The first-order valence-electron chi connectivity index (χ1n) is 8.09. The third kappa shape index (κ3) is 4.85. The van der Waals surface area contributed by atoms with Crippen LogP contribution in [0.1, 0.15) is 46.1 Å². The highest BCUT2D eigenvalue weighted by atomic mass is 79.9. The van der Waals surface area contributed by atoms with Crippen molar-refractivity contribution < 1.29 is 9.47 Å². The number of hydrogen-bond donors (Lipinski definition) is 2. The van der Waals surface area contributed by atoms with Crippen LogP contribution in [0.5, 0.6) is 11.5 Å². The van der Waals surface area contributed by atoms with Crippen LogP contribution in [-0.4, -0.2) is 31.3 Å². The molecule has 1 heterocycles. The molecule has 0 atom stereocenters. The number of rotatable bonds is 5. The first-order valence-corrected chi connectivity index (χ1v) is 8.88. The lowest BCUT2D eigenvalue weighted by Crippen LogP contribution is -2.61. The van der Waals surface area contributed by atoms with Gasteiger partial charge in [-0.15, -0.1) is 0 Å². The number of hydrogen-bond acceptors (Lipinski definition) is 4. The minimum Gasteiger partial charge on any atom is -0.493 e. The van der Waals surface area contributed by atoms with Crippen molar-refractivity contribution in [3.8, 4) is 11.5 Å². The lowest BCUT2D eigenvalue weighted by molar-refractivity contribution is 0.145. The molecule has 0 saturated carbocycles. The van der Waals surface area contributed by atoms with Gasteiger partial charge in [0.05, 0.1) is 14.2 Å². The summed E-state index contributed by atoms with van der Waals surface area (Å²) in [5.74, 6) is 1.51. The molecule has 1 aromatic carbocycles. The number of nitrogens with one attached hydrogen (secondary N) is 2. The fourth-order valence-electron chi connectivity index (χ4n) is 3.75. The second-order valence-corrected chi connectivity index (χ2v) is 8.53. The molecular formula is C18H29BrN2O2. The van der Waals surface area contributed by atoms with Gasteiger partial charge in [0.2, 0.25) is 0 Å². The van der Waals surface area contributed by atoms with Gasteiger partial charge in [0.15, 0.2) is 11.5 Å². The summed E-state index contributed by atoms with van der Waals surface area (Å²) < 4.78 is 11.8. The Morgan fingerprint density at radius 2 is 1.61 bits per heavy atom. The highest BCUT2D eigenvalue weighted by Crippen LogP contribution is 2.34. The topological polar surface area (TPSA) is 42.5 Å². The molecule has 0 unspecified atom stereocenters. The molecule has 4 nitrogen and oxygen atoms in total. The first kappa shape index (κ1) is 18.6. The van der Waals surface area contributed by atoms with Gasteiger partial charge in [-0.1, -0.05) is 15.9 Å². The SMILES string of the molecule is COc1cc(Br)c(CNC2CC(C)(C)NC(C)(C)C2)cc1OC. The van der Waals surface area contributed by atoms with Crippen molar-refractivity contribution in [1.82, 2.24) is 10.6 Å². The van der Waals surface area contributed by atoms with Gasteiger partial charge in [-0.05, 0) is 58.2 Å². The molecule has 1 fully saturated rings. The standard InChI is InChI=1S/C18H29BrN2O2/c1-17(2)9-13(10-18(3,4)21-17)20-11-12-7-15(22-5)16(23-6)8-14(12)19/h7-8,13,20-21H,9-11H2,1-6H3. The van der Waals surface area contributed by atoms with E-state index in [-0.39, 0.29) is 11.1 Å². The number of methoxy groups -OCH3 is 2. The Hall–Kier alpha value is -0.780. The first-order chi connectivity index (χ1) is 10.7. The third-order valence-electron chi connectivity index (χ3n) is 4.32. The number of ether oxygens (including phenoxy) is 2. The molecule has 0 amide bonds. The van der Waals surface area contributed by atoms with Gasteiger partial charge in [-0.3, -0.25) is 0 Å². The van der Waals surface area contributed by atoms with Gasteiger partial charge in [0, 0.05) is 28.1 Å². The van der Waals surface area contributed by atoms with E-state index in [2.05, 4.69) is 54.3 Å². The molecule has 23 heavy (non-hydrogen) atoms. The third-order valence-corrected chi connectivity index (χ3v) is 5.06. The monoisotopic (exact) mass is 384 g/mol. The summed E-state index contributed by atoms with van der Waals surface area (Å²) in [5, 5.41) is 7.43. The quantitative estimate of drug-likeness (QED) is 0.808. The maximum atomic E-state index is 5.41. The Balaban J connectivity index is 2.08. The van der Waals surface area contributed by atoms with Gasteiger partial charge in [-0.2, -0.15) is 0 Å². The van der Waals surface area contributed by atoms with Gasteiger partial charge in [0.25, 0.3) is 0 Å². The molecule has 0 spiro atoms. The summed E-state index contributed by atoms with van der Waals surface area (Å²) >= 11 is 3.63. The Morgan fingerprint density at radius 3 is 2.13 bits per heavy atom. The Morgan fingerprint density at radius 1 is 1.09 bits per heavy atom. The molecule has 0 aromatic heterocycles. The fraction of sp³-hybridized carbons (Fsp3) is 0.667. The van der Waals surface area contributed by atoms with Crippen LogP contribution in [-0.2, 0) is 6.54 Å². The van der Waals surface area contributed by atoms with Crippen molar-refractivity contribution in [3.63, 3.8) is 0 Å². The van der Waals surface area contributed by atoms with Crippen molar-refractivity contribution in [2.75, 3.05) is 14.2 Å². The summed E-state index contributed by atoms with van der Waals surface area (Å²) in [6.45, 7) is 9.89. The van der Waals surface area contributed by atoms with Crippen LogP contribution < -0.4 is 20.1 Å². The van der Waals surface area contributed by atoms with Crippen molar-refractivity contribution in [1.29, 1.82) is 0 Å². The summed E-state index contributed by atoms with van der Waals surface area (Å²) in [4.78, 5) is 0. The van der Waals surface area contributed by atoms with Crippen LogP contribution in [0.2, 0.25) is 0 Å². The molecule has 130 valence electrons.